The molecule has 0 aromatic carbocycles. The van der Waals surface area contributed by atoms with Gasteiger partial charge >= 0.3 is 0 Å². The van der Waals surface area contributed by atoms with Crippen molar-refractivity contribution in [2.24, 2.45) is 0 Å². The Labute approximate surface area is 76.6 Å². The van der Waals surface area contributed by atoms with Crippen LogP contribution in [-0.4, -0.2) is 17.1 Å². The van der Waals surface area contributed by atoms with Gasteiger partial charge in [-0.2, -0.15) is 0 Å². The van der Waals surface area contributed by atoms with E-state index in [2.05, 4.69) is 4.98 Å². The third-order valence-corrected chi connectivity index (χ3v) is 1.95. The van der Waals surface area contributed by atoms with E-state index in [0.29, 0.717) is 10.7 Å². The number of rotatable bonds is 1. The SMILES string of the molecule is COC(=S)c1cnc(C)c(N)c1. The van der Waals surface area contributed by atoms with Crippen molar-refractivity contribution in [1.82, 2.24) is 4.98 Å². The maximum Gasteiger partial charge on any atom is 0.192 e. The van der Waals surface area contributed by atoms with Gasteiger partial charge in [0.1, 0.15) is 0 Å². The molecule has 0 saturated heterocycles. The Morgan fingerprint density at radius 2 is 2.33 bits per heavy atom. The maximum atomic E-state index is 5.64. The lowest BCUT2D eigenvalue weighted by atomic mass is 10.2. The van der Waals surface area contributed by atoms with Gasteiger partial charge in [-0.05, 0) is 25.2 Å². The van der Waals surface area contributed by atoms with E-state index in [1.807, 2.05) is 6.92 Å². The molecule has 3 nitrogen and oxygen atoms in total. The summed E-state index contributed by atoms with van der Waals surface area (Å²) in [5.41, 5.74) is 7.82. The molecule has 64 valence electrons. The number of anilines is 1. The number of nitrogens with two attached hydrogens (primary N) is 1. The van der Waals surface area contributed by atoms with E-state index in [9.17, 15) is 0 Å². The topological polar surface area (TPSA) is 48.1 Å². The molecule has 0 amide bonds. The first-order chi connectivity index (χ1) is 5.65. The van der Waals surface area contributed by atoms with Gasteiger partial charge in [-0.15, -0.1) is 0 Å². The van der Waals surface area contributed by atoms with Crippen LogP contribution >= 0.6 is 12.2 Å². The van der Waals surface area contributed by atoms with Crippen LogP contribution < -0.4 is 5.73 Å². The number of aromatic nitrogens is 1. The molecule has 12 heavy (non-hydrogen) atoms. The molecular weight excluding hydrogens is 172 g/mol. The van der Waals surface area contributed by atoms with Gasteiger partial charge in [0.2, 0.25) is 0 Å². The molecule has 1 aromatic heterocycles. The van der Waals surface area contributed by atoms with Crippen LogP contribution in [0.1, 0.15) is 11.3 Å². The summed E-state index contributed by atoms with van der Waals surface area (Å²) in [6.07, 6.45) is 1.65. The highest BCUT2D eigenvalue weighted by Crippen LogP contribution is 2.10. The van der Waals surface area contributed by atoms with E-state index in [0.717, 1.165) is 11.3 Å². The lowest BCUT2D eigenvalue weighted by Crippen LogP contribution is -2.03. The second-order valence-electron chi connectivity index (χ2n) is 2.39. The third kappa shape index (κ3) is 1.71. The smallest absolute Gasteiger partial charge is 0.192 e. The standard InChI is InChI=1S/C8H10N2OS/c1-5-7(9)3-6(4-10-5)8(12)11-2/h3-4H,9H2,1-2H3. The molecule has 0 fully saturated rings. The van der Waals surface area contributed by atoms with Gasteiger partial charge in [0.25, 0.3) is 0 Å². The van der Waals surface area contributed by atoms with Crippen molar-refractivity contribution in [3.8, 4) is 0 Å². The zero-order valence-corrected chi connectivity index (χ0v) is 7.81. The molecule has 1 rings (SSSR count). The number of hydrogen-bond acceptors (Lipinski definition) is 4. The molecule has 0 aliphatic heterocycles. The summed E-state index contributed by atoms with van der Waals surface area (Å²) in [7, 11) is 1.53. The average molecular weight is 182 g/mol. The fraction of sp³-hybridized carbons (Fsp3) is 0.250. The summed E-state index contributed by atoms with van der Waals surface area (Å²) in [4.78, 5) is 4.06. The Bertz CT molecular complexity index is 312. The highest BCUT2D eigenvalue weighted by atomic mass is 32.1. The minimum Gasteiger partial charge on any atom is -0.486 e. The van der Waals surface area contributed by atoms with Crippen LogP contribution in [-0.2, 0) is 4.74 Å². The molecule has 0 saturated carbocycles. The van der Waals surface area contributed by atoms with Gasteiger partial charge in [-0.1, -0.05) is 0 Å². The summed E-state index contributed by atoms with van der Waals surface area (Å²) in [6, 6.07) is 1.76. The summed E-state index contributed by atoms with van der Waals surface area (Å²) < 4.78 is 4.87. The van der Waals surface area contributed by atoms with Crippen LogP contribution in [0.2, 0.25) is 0 Å². The number of ether oxygens (including phenoxy) is 1. The molecule has 1 heterocycles. The molecule has 0 aliphatic carbocycles. The molecule has 0 aliphatic rings. The largest absolute Gasteiger partial charge is 0.486 e. The maximum absolute atomic E-state index is 5.64. The van der Waals surface area contributed by atoms with Crippen LogP contribution in [0.25, 0.3) is 0 Å². The molecule has 0 radical (unpaired) electrons. The van der Waals surface area contributed by atoms with Crippen LogP contribution in [0.5, 0.6) is 0 Å². The molecule has 4 heteroatoms. The number of nitrogens with zero attached hydrogens (tertiary/aromatic N) is 1. The number of pyridine rings is 1. The molecule has 0 bridgehead atoms. The van der Waals surface area contributed by atoms with Gasteiger partial charge < -0.3 is 10.5 Å². The van der Waals surface area contributed by atoms with E-state index in [4.69, 9.17) is 22.7 Å². The van der Waals surface area contributed by atoms with E-state index >= 15 is 0 Å². The van der Waals surface area contributed by atoms with Gasteiger partial charge in [0.05, 0.1) is 18.5 Å². The first-order valence-electron chi connectivity index (χ1n) is 3.45. The molecule has 0 atom stereocenters. The summed E-state index contributed by atoms with van der Waals surface area (Å²) >= 11 is 4.91. The van der Waals surface area contributed by atoms with Crippen LogP contribution in [0.15, 0.2) is 12.3 Å². The minimum absolute atomic E-state index is 0.411. The van der Waals surface area contributed by atoms with Crippen molar-refractivity contribution in [2.45, 2.75) is 6.92 Å². The third-order valence-electron chi connectivity index (χ3n) is 1.55. The first kappa shape index (κ1) is 8.93. The Balaban J connectivity index is 3.05. The average Bonchev–Trinajstić information content (AvgIpc) is 2.08. The van der Waals surface area contributed by atoms with Gasteiger partial charge in [0.15, 0.2) is 5.05 Å². The van der Waals surface area contributed by atoms with E-state index in [1.54, 1.807) is 12.3 Å². The lowest BCUT2D eigenvalue weighted by molar-refractivity contribution is 0.416. The highest BCUT2D eigenvalue weighted by Gasteiger charge is 2.02. The lowest BCUT2D eigenvalue weighted by Gasteiger charge is -2.03. The Kier molecular flexibility index (Phi) is 2.60. The van der Waals surface area contributed by atoms with Crippen molar-refractivity contribution in [1.29, 1.82) is 0 Å². The molecule has 1 aromatic rings. The zero-order chi connectivity index (χ0) is 9.14. The number of hydrogen-bond donors (Lipinski definition) is 1. The van der Waals surface area contributed by atoms with E-state index in [1.165, 1.54) is 7.11 Å². The van der Waals surface area contributed by atoms with Crippen molar-refractivity contribution < 1.29 is 4.74 Å². The fourth-order valence-electron chi connectivity index (χ4n) is 0.780. The second kappa shape index (κ2) is 3.49. The number of thiocarbonyl (C=S) groups is 1. The van der Waals surface area contributed by atoms with Crippen molar-refractivity contribution >= 4 is 23.0 Å². The number of aryl methyl sites for hydroxylation is 1. The van der Waals surface area contributed by atoms with Gasteiger partial charge in [-0.3, -0.25) is 4.98 Å². The second-order valence-corrected chi connectivity index (χ2v) is 2.76. The minimum atomic E-state index is 0.411. The predicted molar refractivity (Wildman–Crippen MR) is 52.1 cm³/mol. The van der Waals surface area contributed by atoms with Crippen LogP contribution in [0, 0.1) is 6.92 Å². The Morgan fingerprint density at radius 1 is 1.67 bits per heavy atom. The first-order valence-corrected chi connectivity index (χ1v) is 3.86. The zero-order valence-electron chi connectivity index (χ0n) is 7.00. The van der Waals surface area contributed by atoms with Gasteiger partial charge in [0, 0.05) is 11.8 Å². The quantitative estimate of drug-likeness (QED) is 0.665. The molecular formula is C8H10N2OS. The fourth-order valence-corrected chi connectivity index (χ4v) is 0.891. The monoisotopic (exact) mass is 182 g/mol. The van der Waals surface area contributed by atoms with Crippen molar-refractivity contribution in [3.05, 3.63) is 23.5 Å². The summed E-state index contributed by atoms with van der Waals surface area (Å²) in [5.74, 6) is 0. The summed E-state index contributed by atoms with van der Waals surface area (Å²) in [6.45, 7) is 1.84. The van der Waals surface area contributed by atoms with E-state index in [-0.39, 0.29) is 0 Å². The predicted octanol–water partition coefficient (Wildman–Crippen LogP) is 1.29. The van der Waals surface area contributed by atoms with E-state index < -0.39 is 0 Å². The summed E-state index contributed by atoms with van der Waals surface area (Å²) in [5, 5.41) is 0.411. The normalized spacial score (nSPS) is 9.50. The Morgan fingerprint density at radius 3 is 2.83 bits per heavy atom. The molecule has 0 unspecified atom stereocenters. The highest BCUT2D eigenvalue weighted by molar-refractivity contribution is 7.80. The molecule has 0 spiro atoms. The number of nitrogen functional groups attached to an aromatic ring is 1. The van der Waals surface area contributed by atoms with Crippen molar-refractivity contribution in [2.75, 3.05) is 12.8 Å². The van der Waals surface area contributed by atoms with Crippen LogP contribution in [0.4, 0.5) is 5.69 Å². The number of methoxy groups -OCH3 is 1. The van der Waals surface area contributed by atoms with Crippen molar-refractivity contribution in [3.63, 3.8) is 0 Å². The Hall–Kier alpha value is -1.16. The van der Waals surface area contributed by atoms with Gasteiger partial charge in [-0.25, -0.2) is 0 Å². The molecule has 2 N–H and O–H groups in total. The van der Waals surface area contributed by atoms with Crippen LogP contribution in [0.3, 0.4) is 0 Å².